The summed E-state index contributed by atoms with van der Waals surface area (Å²) in [5.41, 5.74) is -0.876. The van der Waals surface area contributed by atoms with Crippen LogP contribution in [0.2, 0.25) is 0 Å². The number of hydrogen-bond acceptors (Lipinski definition) is 5. The summed E-state index contributed by atoms with van der Waals surface area (Å²) in [4.78, 5) is 23.3. The molecule has 1 heterocycles. The lowest BCUT2D eigenvalue weighted by atomic mass is 9.86. The average molecular weight is 236 g/mol. The number of carbonyl (C=O) groups excluding carboxylic acids is 2. The smallest absolute Gasteiger partial charge is 0.343 e. The van der Waals surface area contributed by atoms with Crippen molar-refractivity contribution >= 4 is 11.8 Å². The summed E-state index contributed by atoms with van der Waals surface area (Å²) < 4.78 is 5.04. The topological polar surface area (TPSA) is 83.8 Å². The normalized spacial score (nSPS) is 22.2. The molecule has 0 saturated heterocycles. The first-order valence-electron chi connectivity index (χ1n) is 5.09. The minimum Gasteiger partial charge on any atom is -0.508 e. The van der Waals surface area contributed by atoms with Crippen molar-refractivity contribution in [1.29, 1.82) is 0 Å². The highest BCUT2D eigenvalue weighted by Gasteiger charge is 2.48. The number of phenolic OH excluding ortho intramolecular Hbond substituents is 2. The fourth-order valence-electron chi connectivity index (χ4n) is 2.09. The van der Waals surface area contributed by atoms with E-state index in [0.717, 1.165) is 6.07 Å². The van der Waals surface area contributed by atoms with Crippen LogP contribution in [0.5, 0.6) is 11.5 Å². The van der Waals surface area contributed by atoms with Gasteiger partial charge in [0, 0.05) is 11.6 Å². The second-order valence-electron chi connectivity index (χ2n) is 4.27. The number of fused-ring (bicyclic) bond motifs is 1. The Kier molecular flexibility index (Phi) is 2.17. The zero-order valence-corrected chi connectivity index (χ0v) is 9.70. The highest BCUT2D eigenvalue weighted by molar-refractivity contribution is 6.04. The monoisotopic (exact) mass is 236 g/mol. The van der Waals surface area contributed by atoms with Crippen molar-refractivity contribution in [3.05, 3.63) is 22.8 Å². The highest BCUT2D eigenvalue weighted by Crippen LogP contribution is 2.45. The predicted molar refractivity (Wildman–Crippen MR) is 58.0 cm³/mol. The van der Waals surface area contributed by atoms with E-state index in [1.165, 1.54) is 13.8 Å². The van der Waals surface area contributed by atoms with Gasteiger partial charge in [0.25, 0.3) is 0 Å². The van der Waals surface area contributed by atoms with Crippen LogP contribution in [0.15, 0.2) is 6.07 Å². The molecule has 0 saturated carbocycles. The molecule has 2 N–H and O–H groups in total. The van der Waals surface area contributed by atoms with Crippen LogP contribution in [-0.2, 0) is 15.1 Å². The molecule has 5 heteroatoms. The van der Waals surface area contributed by atoms with Gasteiger partial charge in [-0.25, -0.2) is 4.79 Å². The molecular weight excluding hydrogens is 224 g/mol. The number of esters is 1. The van der Waals surface area contributed by atoms with Crippen molar-refractivity contribution in [2.24, 2.45) is 0 Å². The molecule has 0 spiro atoms. The molecule has 5 nitrogen and oxygen atoms in total. The van der Waals surface area contributed by atoms with Gasteiger partial charge in [0.15, 0.2) is 11.4 Å². The lowest BCUT2D eigenvalue weighted by Gasteiger charge is -2.22. The second kappa shape index (κ2) is 3.23. The van der Waals surface area contributed by atoms with Crippen molar-refractivity contribution < 1.29 is 24.5 Å². The zero-order valence-electron chi connectivity index (χ0n) is 9.70. The van der Waals surface area contributed by atoms with Crippen molar-refractivity contribution in [2.75, 3.05) is 0 Å². The van der Waals surface area contributed by atoms with E-state index in [4.69, 9.17) is 4.74 Å². The zero-order chi connectivity index (χ0) is 13.0. The fraction of sp³-hybridized carbons (Fsp3) is 0.333. The van der Waals surface area contributed by atoms with Crippen LogP contribution in [0.1, 0.15) is 35.3 Å². The molecule has 1 aliphatic heterocycles. The number of aromatic hydroxyl groups is 2. The molecule has 0 aliphatic carbocycles. The van der Waals surface area contributed by atoms with E-state index in [-0.39, 0.29) is 28.4 Å². The maximum Gasteiger partial charge on any atom is 0.343 e. The Morgan fingerprint density at radius 3 is 2.47 bits per heavy atom. The van der Waals surface area contributed by atoms with Gasteiger partial charge in [0.2, 0.25) is 0 Å². The number of ketones is 1. The molecule has 0 amide bonds. The average Bonchev–Trinajstić information content (AvgIpc) is 2.49. The summed E-state index contributed by atoms with van der Waals surface area (Å²) in [5, 5.41) is 19.3. The van der Waals surface area contributed by atoms with Crippen molar-refractivity contribution in [3.8, 4) is 11.5 Å². The number of Topliss-reactive ketones (excluding diaryl/α,β-unsaturated/α-hetero) is 1. The third-order valence-electron chi connectivity index (χ3n) is 3.19. The van der Waals surface area contributed by atoms with Gasteiger partial charge in [-0.05, 0) is 26.3 Å². The van der Waals surface area contributed by atoms with Crippen LogP contribution in [-0.4, -0.2) is 22.0 Å². The maximum atomic E-state index is 11.7. The number of cyclic esters (lactones) is 1. The predicted octanol–water partition coefficient (Wildman–Crippen LogP) is 1.38. The Morgan fingerprint density at radius 2 is 1.94 bits per heavy atom. The fourth-order valence-corrected chi connectivity index (χ4v) is 2.09. The number of rotatable bonds is 1. The lowest BCUT2D eigenvalue weighted by Crippen LogP contribution is -2.31. The summed E-state index contributed by atoms with van der Waals surface area (Å²) in [5.74, 6) is -1.67. The number of benzene rings is 1. The van der Waals surface area contributed by atoms with Crippen LogP contribution >= 0.6 is 0 Å². The molecule has 0 aromatic heterocycles. The van der Waals surface area contributed by atoms with Gasteiger partial charge in [-0.1, -0.05) is 0 Å². The van der Waals surface area contributed by atoms with Gasteiger partial charge in [-0.2, -0.15) is 0 Å². The summed E-state index contributed by atoms with van der Waals surface area (Å²) in [7, 11) is 0. The van der Waals surface area contributed by atoms with Crippen LogP contribution in [0, 0.1) is 6.92 Å². The summed E-state index contributed by atoms with van der Waals surface area (Å²) in [6, 6.07) is 1.07. The van der Waals surface area contributed by atoms with E-state index in [1.807, 2.05) is 0 Å². The lowest BCUT2D eigenvalue weighted by molar-refractivity contribution is -0.133. The summed E-state index contributed by atoms with van der Waals surface area (Å²) in [6.07, 6.45) is 0. The van der Waals surface area contributed by atoms with Crippen molar-refractivity contribution in [2.45, 2.75) is 26.4 Å². The van der Waals surface area contributed by atoms with Crippen LogP contribution in [0.4, 0.5) is 0 Å². The molecule has 1 atom stereocenters. The van der Waals surface area contributed by atoms with Crippen molar-refractivity contribution in [1.82, 2.24) is 0 Å². The Labute approximate surface area is 97.6 Å². The van der Waals surface area contributed by atoms with Gasteiger partial charge in [-0.15, -0.1) is 0 Å². The van der Waals surface area contributed by atoms with E-state index >= 15 is 0 Å². The van der Waals surface area contributed by atoms with E-state index in [0.29, 0.717) is 5.56 Å². The Balaban J connectivity index is 2.86. The first kappa shape index (κ1) is 11.4. The summed E-state index contributed by atoms with van der Waals surface area (Å²) in [6.45, 7) is 4.31. The first-order chi connectivity index (χ1) is 7.79. The second-order valence-corrected chi connectivity index (χ2v) is 4.27. The minimum atomic E-state index is -1.44. The largest absolute Gasteiger partial charge is 0.508 e. The number of hydrogen-bond donors (Lipinski definition) is 2. The van der Waals surface area contributed by atoms with Crippen LogP contribution in [0.25, 0.3) is 0 Å². The number of carbonyl (C=O) groups is 2. The quantitative estimate of drug-likeness (QED) is 0.719. The first-order valence-corrected chi connectivity index (χ1v) is 5.09. The third-order valence-corrected chi connectivity index (χ3v) is 3.19. The van der Waals surface area contributed by atoms with E-state index in [2.05, 4.69) is 0 Å². The molecule has 0 radical (unpaired) electrons. The van der Waals surface area contributed by atoms with Crippen LogP contribution in [0.3, 0.4) is 0 Å². The molecule has 0 fully saturated rings. The molecule has 90 valence electrons. The third kappa shape index (κ3) is 1.32. The van der Waals surface area contributed by atoms with Gasteiger partial charge in [-0.3, -0.25) is 4.79 Å². The Hall–Kier alpha value is -2.04. The van der Waals surface area contributed by atoms with Gasteiger partial charge >= 0.3 is 5.97 Å². The van der Waals surface area contributed by atoms with Crippen molar-refractivity contribution in [3.63, 3.8) is 0 Å². The van der Waals surface area contributed by atoms with E-state index in [1.54, 1.807) is 6.92 Å². The van der Waals surface area contributed by atoms with Gasteiger partial charge in [0.1, 0.15) is 17.1 Å². The standard InChI is InChI=1S/C12H12O5/c1-5-7(14)4-8(15)9-10(5)12(3,6(2)13)17-11(9)16/h4,14-15H,1-3H3. The molecule has 17 heavy (non-hydrogen) atoms. The molecule has 1 aliphatic rings. The Morgan fingerprint density at radius 1 is 1.35 bits per heavy atom. The maximum absolute atomic E-state index is 11.7. The molecule has 1 aromatic rings. The molecule has 2 rings (SSSR count). The Bertz CT molecular complexity index is 546. The molecular formula is C12H12O5. The SMILES string of the molecule is CC(=O)C1(C)OC(=O)c2c(O)cc(O)c(C)c21. The number of phenols is 2. The molecule has 1 aromatic carbocycles. The minimum absolute atomic E-state index is 0.0435. The van der Waals surface area contributed by atoms with E-state index < -0.39 is 11.6 Å². The van der Waals surface area contributed by atoms with Gasteiger partial charge in [0.05, 0.1) is 0 Å². The van der Waals surface area contributed by atoms with E-state index in [9.17, 15) is 19.8 Å². The molecule has 0 bridgehead atoms. The van der Waals surface area contributed by atoms with Crippen LogP contribution < -0.4 is 0 Å². The molecule has 1 unspecified atom stereocenters. The summed E-state index contributed by atoms with van der Waals surface area (Å²) >= 11 is 0. The van der Waals surface area contributed by atoms with Gasteiger partial charge < -0.3 is 14.9 Å². The number of ether oxygens (including phenoxy) is 1. The highest BCUT2D eigenvalue weighted by atomic mass is 16.6.